The highest BCUT2D eigenvalue weighted by molar-refractivity contribution is 5.97. The molecule has 3 rings (SSSR count). The zero-order valence-corrected chi connectivity index (χ0v) is 13.7. The molecule has 24 heavy (non-hydrogen) atoms. The second-order valence-corrected chi connectivity index (χ2v) is 5.73. The third kappa shape index (κ3) is 3.41. The average Bonchev–Trinajstić information content (AvgIpc) is 2.60. The lowest BCUT2D eigenvalue weighted by Crippen LogP contribution is -2.28. The number of fused-ring (bicyclic) bond motifs is 1. The highest BCUT2D eigenvalue weighted by Gasteiger charge is 2.12. The van der Waals surface area contributed by atoms with Gasteiger partial charge in [0, 0.05) is 12.1 Å². The minimum absolute atomic E-state index is 0.152. The maximum absolute atomic E-state index is 12.3. The van der Waals surface area contributed by atoms with Crippen LogP contribution in [0.3, 0.4) is 0 Å². The molecule has 0 aliphatic heterocycles. The molecule has 5 nitrogen and oxygen atoms in total. The van der Waals surface area contributed by atoms with Crippen LogP contribution in [0.4, 0.5) is 0 Å². The predicted molar refractivity (Wildman–Crippen MR) is 92.7 cm³/mol. The first-order valence-corrected chi connectivity index (χ1v) is 7.81. The molecule has 0 aliphatic rings. The van der Waals surface area contributed by atoms with Crippen LogP contribution < -0.4 is 5.32 Å². The number of aliphatic hydroxyl groups excluding tert-OH is 1. The summed E-state index contributed by atoms with van der Waals surface area (Å²) in [6.07, 6.45) is -0.736. The summed E-state index contributed by atoms with van der Waals surface area (Å²) >= 11 is 0. The van der Waals surface area contributed by atoms with Gasteiger partial charge in [-0.2, -0.15) is 0 Å². The number of aliphatic hydroxyl groups is 1. The molecule has 122 valence electrons. The van der Waals surface area contributed by atoms with Crippen LogP contribution >= 0.6 is 0 Å². The van der Waals surface area contributed by atoms with E-state index < -0.39 is 6.10 Å². The fourth-order valence-corrected chi connectivity index (χ4v) is 2.46. The van der Waals surface area contributed by atoms with Crippen LogP contribution in [0.1, 0.15) is 33.4 Å². The van der Waals surface area contributed by atoms with Crippen molar-refractivity contribution in [2.45, 2.75) is 20.0 Å². The fourth-order valence-electron chi connectivity index (χ4n) is 2.46. The van der Waals surface area contributed by atoms with Crippen LogP contribution in [0.25, 0.3) is 11.0 Å². The molecule has 0 unspecified atom stereocenters. The van der Waals surface area contributed by atoms with Gasteiger partial charge in [-0.05, 0) is 37.6 Å². The van der Waals surface area contributed by atoms with Crippen LogP contribution in [0.5, 0.6) is 0 Å². The van der Waals surface area contributed by atoms with Gasteiger partial charge in [0.05, 0.1) is 28.5 Å². The first-order chi connectivity index (χ1) is 11.5. The number of aromatic nitrogens is 2. The lowest BCUT2D eigenvalue weighted by Gasteiger charge is -2.12. The quantitative estimate of drug-likeness (QED) is 0.775. The van der Waals surface area contributed by atoms with Crippen molar-refractivity contribution >= 4 is 16.9 Å². The van der Waals surface area contributed by atoms with Gasteiger partial charge in [-0.1, -0.05) is 30.3 Å². The minimum Gasteiger partial charge on any atom is -0.387 e. The summed E-state index contributed by atoms with van der Waals surface area (Å²) in [5.74, 6) is -0.244. The van der Waals surface area contributed by atoms with E-state index >= 15 is 0 Å². The molecule has 3 aromatic rings. The van der Waals surface area contributed by atoms with E-state index in [4.69, 9.17) is 0 Å². The summed E-state index contributed by atoms with van der Waals surface area (Å²) in [7, 11) is 0. The number of aryl methyl sites for hydroxylation is 2. The van der Waals surface area contributed by atoms with Crippen LogP contribution in [0, 0.1) is 13.8 Å². The molecule has 2 N–H and O–H groups in total. The Hall–Kier alpha value is -2.79. The molecule has 1 aromatic heterocycles. The standard InChI is InChI=1S/C19H19N3O2/c1-12-13(2)22-17-10-15(8-9-16(17)21-12)19(24)20-11-18(23)14-6-4-3-5-7-14/h3-10,18,23H,11H2,1-2H3,(H,20,24)/t18-/m1/s1. The van der Waals surface area contributed by atoms with Gasteiger partial charge in [0.25, 0.3) is 5.91 Å². The SMILES string of the molecule is Cc1nc2ccc(C(=O)NC[C@@H](O)c3ccccc3)cc2nc1C. The summed E-state index contributed by atoms with van der Waals surface area (Å²) in [5, 5.41) is 12.9. The van der Waals surface area contributed by atoms with Crippen LogP contribution in [-0.4, -0.2) is 27.5 Å². The van der Waals surface area contributed by atoms with Crippen LogP contribution in [-0.2, 0) is 0 Å². The van der Waals surface area contributed by atoms with Crippen molar-refractivity contribution in [3.8, 4) is 0 Å². The van der Waals surface area contributed by atoms with Crippen molar-refractivity contribution in [3.63, 3.8) is 0 Å². The first-order valence-electron chi connectivity index (χ1n) is 7.81. The largest absolute Gasteiger partial charge is 0.387 e. The van der Waals surface area contributed by atoms with Gasteiger partial charge in [0.2, 0.25) is 0 Å². The highest BCUT2D eigenvalue weighted by Crippen LogP contribution is 2.15. The van der Waals surface area contributed by atoms with E-state index in [1.54, 1.807) is 18.2 Å². The number of rotatable bonds is 4. The number of nitrogens with one attached hydrogen (secondary N) is 1. The third-order valence-corrected chi connectivity index (χ3v) is 3.98. The van der Waals surface area contributed by atoms with Crippen LogP contribution in [0.2, 0.25) is 0 Å². The lowest BCUT2D eigenvalue weighted by molar-refractivity contribution is 0.0916. The van der Waals surface area contributed by atoms with Gasteiger partial charge in [-0.15, -0.1) is 0 Å². The smallest absolute Gasteiger partial charge is 0.251 e. The molecule has 5 heteroatoms. The van der Waals surface area contributed by atoms with E-state index in [0.717, 1.165) is 22.5 Å². The number of carbonyl (C=O) groups excluding carboxylic acids is 1. The predicted octanol–water partition coefficient (Wildman–Crippen LogP) is 2.71. The maximum atomic E-state index is 12.3. The Balaban J connectivity index is 1.73. The lowest BCUT2D eigenvalue weighted by atomic mass is 10.1. The van der Waals surface area contributed by atoms with E-state index in [2.05, 4.69) is 15.3 Å². The Kier molecular flexibility index (Phi) is 4.53. The molecule has 1 atom stereocenters. The number of nitrogens with zero attached hydrogens (tertiary/aromatic N) is 2. The topological polar surface area (TPSA) is 75.1 Å². The monoisotopic (exact) mass is 321 g/mol. The summed E-state index contributed by atoms with van der Waals surface area (Å²) in [4.78, 5) is 21.2. The van der Waals surface area contributed by atoms with Gasteiger partial charge in [-0.25, -0.2) is 9.97 Å². The van der Waals surface area contributed by atoms with Crippen LogP contribution in [0.15, 0.2) is 48.5 Å². The minimum atomic E-state index is -0.736. The average molecular weight is 321 g/mol. The van der Waals surface area contributed by atoms with Crippen molar-refractivity contribution in [2.75, 3.05) is 6.54 Å². The second-order valence-electron chi connectivity index (χ2n) is 5.73. The Bertz CT molecular complexity index is 878. The molecule has 1 heterocycles. The first kappa shape index (κ1) is 16.1. The number of hydrogen-bond acceptors (Lipinski definition) is 4. The van der Waals surface area contributed by atoms with E-state index in [9.17, 15) is 9.90 Å². The van der Waals surface area contributed by atoms with Crippen molar-refractivity contribution in [1.29, 1.82) is 0 Å². The van der Waals surface area contributed by atoms with Gasteiger partial charge in [0.15, 0.2) is 0 Å². The molecule has 1 amide bonds. The Morgan fingerprint density at radius 2 is 1.71 bits per heavy atom. The zero-order chi connectivity index (χ0) is 17.1. The molecular formula is C19H19N3O2. The molecule has 0 radical (unpaired) electrons. The molecule has 0 spiro atoms. The molecule has 0 aliphatic carbocycles. The Morgan fingerprint density at radius 3 is 2.42 bits per heavy atom. The van der Waals surface area contributed by atoms with E-state index in [-0.39, 0.29) is 12.5 Å². The van der Waals surface area contributed by atoms with E-state index in [1.165, 1.54) is 0 Å². The summed E-state index contributed by atoms with van der Waals surface area (Å²) < 4.78 is 0. The fraction of sp³-hybridized carbons (Fsp3) is 0.211. The van der Waals surface area contributed by atoms with E-state index in [0.29, 0.717) is 11.1 Å². The Morgan fingerprint density at radius 1 is 1.04 bits per heavy atom. The van der Waals surface area contributed by atoms with Crippen molar-refractivity contribution in [2.24, 2.45) is 0 Å². The molecule has 0 saturated heterocycles. The number of carbonyl (C=O) groups is 1. The van der Waals surface area contributed by atoms with Crippen molar-refractivity contribution in [1.82, 2.24) is 15.3 Å². The maximum Gasteiger partial charge on any atom is 0.251 e. The molecule has 0 bridgehead atoms. The van der Waals surface area contributed by atoms with Crippen molar-refractivity contribution < 1.29 is 9.90 Å². The summed E-state index contributed by atoms with van der Waals surface area (Å²) in [5.41, 5.74) is 4.45. The second kappa shape index (κ2) is 6.76. The summed E-state index contributed by atoms with van der Waals surface area (Å²) in [6, 6.07) is 14.5. The number of amides is 1. The Labute approximate surface area is 140 Å². The zero-order valence-electron chi connectivity index (χ0n) is 13.7. The van der Waals surface area contributed by atoms with Gasteiger partial charge >= 0.3 is 0 Å². The van der Waals surface area contributed by atoms with Gasteiger partial charge < -0.3 is 10.4 Å². The van der Waals surface area contributed by atoms with Gasteiger partial charge in [-0.3, -0.25) is 4.79 Å². The van der Waals surface area contributed by atoms with Crippen molar-refractivity contribution in [3.05, 3.63) is 71.0 Å². The molecule has 2 aromatic carbocycles. The molecule has 0 fully saturated rings. The molecular weight excluding hydrogens is 302 g/mol. The van der Waals surface area contributed by atoms with E-state index in [1.807, 2.05) is 44.2 Å². The molecule has 0 saturated carbocycles. The number of benzene rings is 2. The summed E-state index contributed by atoms with van der Waals surface area (Å²) in [6.45, 7) is 3.96. The van der Waals surface area contributed by atoms with Gasteiger partial charge in [0.1, 0.15) is 0 Å². The normalized spacial score (nSPS) is 12.1. The third-order valence-electron chi connectivity index (χ3n) is 3.98. The highest BCUT2D eigenvalue weighted by atomic mass is 16.3. The number of hydrogen-bond donors (Lipinski definition) is 2.